The second-order valence-corrected chi connectivity index (χ2v) is 9.69. The maximum atomic E-state index is 14.4. The topological polar surface area (TPSA) is 87.2 Å². The van der Waals surface area contributed by atoms with E-state index in [1.54, 1.807) is 0 Å². The van der Waals surface area contributed by atoms with Gasteiger partial charge in [0, 0.05) is 12.7 Å². The number of aromatic nitrogens is 3. The SMILES string of the molecule is CC1(C)O[C@@H]2[C@H](O1)C(CCc1cc(F)c(F)c3c1CNCC3)=C[C@H]2n1ccc2c(N)ncnc21. The normalized spacial score (nSPS) is 25.4. The van der Waals surface area contributed by atoms with Crippen LogP contribution in [0.5, 0.6) is 0 Å². The smallest absolute Gasteiger partial charge is 0.164 e. The van der Waals surface area contributed by atoms with E-state index in [-0.39, 0.29) is 18.2 Å². The van der Waals surface area contributed by atoms with Crippen molar-refractivity contribution >= 4 is 16.9 Å². The fourth-order valence-corrected chi connectivity index (χ4v) is 5.61. The van der Waals surface area contributed by atoms with Gasteiger partial charge in [-0.3, -0.25) is 0 Å². The molecule has 3 aromatic rings. The zero-order chi connectivity index (χ0) is 23.6. The van der Waals surface area contributed by atoms with Crippen LogP contribution in [0.3, 0.4) is 0 Å². The Morgan fingerprint density at radius 2 is 2.06 bits per heavy atom. The summed E-state index contributed by atoms with van der Waals surface area (Å²) in [6, 6.07) is 3.13. The summed E-state index contributed by atoms with van der Waals surface area (Å²) in [4.78, 5) is 8.53. The maximum absolute atomic E-state index is 14.4. The van der Waals surface area contributed by atoms with Crippen LogP contribution in [0.15, 0.2) is 36.3 Å². The van der Waals surface area contributed by atoms with Gasteiger partial charge in [-0.05, 0) is 74.1 Å². The first-order valence-electron chi connectivity index (χ1n) is 11.6. The molecule has 6 rings (SSSR count). The van der Waals surface area contributed by atoms with Crippen LogP contribution in [0, 0.1) is 11.6 Å². The summed E-state index contributed by atoms with van der Waals surface area (Å²) in [7, 11) is 0. The Labute approximate surface area is 196 Å². The molecule has 0 spiro atoms. The van der Waals surface area contributed by atoms with E-state index >= 15 is 0 Å². The van der Waals surface area contributed by atoms with Crippen LogP contribution in [0.1, 0.15) is 43.0 Å². The standard InChI is InChI=1S/C25H27F2N5O2/c1-25(2)33-21-14(4-3-13-9-18(26)20(27)15-5-7-29-11-17(13)15)10-19(22(21)34-25)32-8-6-16-23(28)30-12-31-24(16)32/h6,8-10,12,19,21-22,29H,3-5,7,11H2,1-2H3,(H2,28,30,31)/t19-,21-,22+/m1/s1. The lowest BCUT2D eigenvalue weighted by Gasteiger charge is -2.22. The highest BCUT2D eigenvalue weighted by Gasteiger charge is 2.50. The van der Waals surface area contributed by atoms with Crippen LogP contribution in [-0.2, 0) is 28.9 Å². The molecular weight excluding hydrogens is 440 g/mol. The number of anilines is 1. The van der Waals surface area contributed by atoms with Gasteiger partial charge in [-0.15, -0.1) is 0 Å². The predicted molar refractivity (Wildman–Crippen MR) is 123 cm³/mol. The number of hydrogen-bond donors (Lipinski definition) is 2. The molecule has 1 aliphatic carbocycles. The first kappa shape index (κ1) is 21.6. The van der Waals surface area contributed by atoms with E-state index in [4.69, 9.17) is 15.2 Å². The Balaban J connectivity index is 1.34. The van der Waals surface area contributed by atoms with Gasteiger partial charge in [0.2, 0.25) is 0 Å². The van der Waals surface area contributed by atoms with E-state index < -0.39 is 17.4 Å². The van der Waals surface area contributed by atoms with Crippen molar-refractivity contribution in [2.45, 2.75) is 63.7 Å². The van der Waals surface area contributed by atoms with Crippen LogP contribution >= 0.6 is 0 Å². The Morgan fingerprint density at radius 1 is 1.21 bits per heavy atom. The number of halogens is 2. The monoisotopic (exact) mass is 467 g/mol. The molecule has 0 unspecified atom stereocenters. The first-order valence-corrected chi connectivity index (χ1v) is 11.6. The van der Waals surface area contributed by atoms with Gasteiger partial charge >= 0.3 is 0 Å². The van der Waals surface area contributed by atoms with E-state index in [2.05, 4.69) is 21.4 Å². The number of nitrogen functional groups attached to an aromatic ring is 1. The van der Waals surface area contributed by atoms with Gasteiger partial charge in [0.25, 0.3) is 0 Å². The molecule has 0 bridgehead atoms. The molecule has 178 valence electrons. The number of nitrogens with two attached hydrogens (primary N) is 1. The molecule has 2 aliphatic heterocycles. The van der Waals surface area contributed by atoms with Gasteiger partial charge in [-0.1, -0.05) is 6.08 Å². The summed E-state index contributed by atoms with van der Waals surface area (Å²) in [6.45, 7) is 5.03. The average Bonchev–Trinajstić information content (AvgIpc) is 3.47. The number of ether oxygens (including phenoxy) is 2. The zero-order valence-corrected chi connectivity index (χ0v) is 19.1. The van der Waals surface area contributed by atoms with E-state index in [1.165, 1.54) is 12.4 Å². The van der Waals surface area contributed by atoms with Gasteiger partial charge in [0.1, 0.15) is 30.0 Å². The fourth-order valence-electron chi connectivity index (χ4n) is 5.61. The minimum atomic E-state index is -0.774. The van der Waals surface area contributed by atoms with E-state index in [0.29, 0.717) is 43.7 Å². The van der Waals surface area contributed by atoms with Crippen molar-refractivity contribution in [3.05, 3.63) is 64.6 Å². The molecule has 7 nitrogen and oxygen atoms in total. The number of rotatable bonds is 4. The molecule has 4 heterocycles. The zero-order valence-electron chi connectivity index (χ0n) is 19.1. The van der Waals surface area contributed by atoms with Crippen molar-refractivity contribution < 1.29 is 18.3 Å². The number of fused-ring (bicyclic) bond motifs is 3. The molecule has 1 saturated heterocycles. The number of nitrogens with zero attached hydrogens (tertiary/aromatic N) is 3. The summed E-state index contributed by atoms with van der Waals surface area (Å²) in [5.74, 6) is -1.78. The van der Waals surface area contributed by atoms with Crippen molar-refractivity contribution in [1.29, 1.82) is 0 Å². The summed E-state index contributed by atoms with van der Waals surface area (Å²) in [5.41, 5.74) is 10.1. The van der Waals surface area contributed by atoms with Crippen LogP contribution in [-0.4, -0.2) is 39.1 Å². The Bertz CT molecular complexity index is 1320. The van der Waals surface area contributed by atoms with E-state index in [9.17, 15) is 8.78 Å². The van der Waals surface area contributed by atoms with Crippen molar-refractivity contribution in [1.82, 2.24) is 19.9 Å². The molecule has 9 heteroatoms. The van der Waals surface area contributed by atoms with Crippen LogP contribution in [0.25, 0.3) is 11.0 Å². The molecule has 1 aromatic carbocycles. The van der Waals surface area contributed by atoms with Crippen LogP contribution in [0.4, 0.5) is 14.6 Å². The highest BCUT2D eigenvalue weighted by atomic mass is 19.2. The maximum Gasteiger partial charge on any atom is 0.164 e. The minimum absolute atomic E-state index is 0.130. The molecule has 0 saturated carbocycles. The van der Waals surface area contributed by atoms with Gasteiger partial charge in [0.15, 0.2) is 17.4 Å². The Morgan fingerprint density at radius 3 is 2.91 bits per heavy atom. The Kier molecular flexibility index (Phi) is 4.98. The second-order valence-electron chi connectivity index (χ2n) is 9.69. The van der Waals surface area contributed by atoms with Crippen molar-refractivity contribution in [3.63, 3.8) is 0 Å². The number of nitrogens with one attached hydrogen (secondary N) is 1. The van der Waals surface area contributed by atoms with Crippen molar-refractivity contribution in [3.8, 4) is 0 Å². The lowest BCUT2D eigenvalue weighted by atomic mass is 9.91. The molecule has 0 radical (unpaired) electrons. The summed E-state index contributed by atoms with van der Waals surface area (Å²) in [5, 5.41) is 4.07. The molecular formula is C25H27F2N5O2. The quantitative estimate of drug-likeness (QED) is 0.571. The first-order chi connectivity index (χ1) is 16.3. The lowest BCUT2D eigenvalue weighted by Crippen LogP contribution is -2.28. The summed E-state index contributed by atoms with van der Waals surface area (Å²) in [6.07, 6.45) is 6.86. The molecule has 3 aliphatic rings. The van der Waals surface area contributed by atoms with Gasteiger partial charge in [0.05, 0.1) is 11.4 Å². The van der Waals surface area contributed by atoms with Crippen molar-refractivity contribution in [2.75, 3.05) is 12.3 Å². The molecule has 0 amide bonds. The number of hydrogen-bond acceptors (Lipinski definition) is 6. The summed E-state index contributed by atoms with van der Waals surface area (Å²) >= 11 is 0. The molecule has 34 heavy (non-hydrogen) atoms. The lowest BCUT2D eigenvalue weighted by molar-refractivity contribution is -0.147. The minimum Gasteiger partial charge on any atom is -0.383 e. The van der Waals surface area contributed by atoms with Gasteiger partial charge < -0.3 is 25.1 Å². The highest BCUT2D eigenvalue weighted by molar-refractivity contribution is 5.86. The number of aryl methyl sites for hydroxylation is 1. The second kappa shape index (κ2) is 7.83. The largest absolute Gasteiger partial charge is 0.383 e. The third kappa shape index (κ3) is 3.41. The van der Waals surface area contributed by atoms with Gasteiger partial charge in [-0.25, -0.2) is 18.7 Å². The third-order valence-corrected chi connectivity index (χ3v) is 7.14. The Hall–Kier alpha value is -2.88. The average molecular weight is 468 g/mol. The van der Waals surface area contributed by atoms with Crippen LogP contribution < -0.4 is 11.1 Å². The predicted octanol–water partition coefficient (Wildman–Crippen LogP) is 3.57. The van der Waals surface area contributed by atoms with E-state index in [1.807, 2.05) is 30.7 Å². The van der Waals surface area contributed by atoms with Crippen LogP contribution in [0.2, 0.25) is 0 Å². The highest BCUT2D eigenvalue weighted by Crippen LogP contribution is 2.45. The van der Waals surface area contributed by atoms with Gasteiger partial charge in [-0.2, -0.15) is 0 Å². The fraction of sp³-hybridized carbons (Fsp3) is 0.440. The molecule has 3 N–H and O–H groups in total. The summed E-state index contributed by atoms with van der Waals surface area (Å²) < 4.78 is 43.3. The molecule has 1 fully saturated rings. The van der Waals surface area contributed by atoms with E-state index in [0.717, 1.165) is 27.7 Å². The van der Waals surface area contributed by atoms with Crippen molar-refractivity contribution in [2.24, 2.45) is 0 Å². The number of benzene rings is 1. The third-order valence-electron chi connectivity index (χ3n) is 7.14. The molecule has 3 atom stereocenters. The molecule has 2 aromatic heterocycles.